The quantitative estimate of drug-likeness (QED) is 0.0649. The van der Waals surface area contributed by atoms with Gasteiger partial charge < -0.3 is 25.1 Å². The summed E-state index contributed by atoms with van der Waals surface area (Å²) in [4.78, 5) is 14.5. The Kier molecular flexibility index (Phi) is 10.3. The van der Waals surface area contributed by atoms with Crippen molar-refractivity contribution in [2.75, 3.05) is 12.4 Å². The number of aryl methyl sites for hydroxylation is 3. The van der Waals surface area contributed by atoms with Gasteiger partial charge in [-0.2, -0.15) is 0 Å². The summed E-state index contributed by atoms with van der Waals surface area (Å²) in [5, 5.41) is 14.2. The van der Waals surface area contributed by atoms with E-state index in [0.29, 0.717) is 28.6 Å². The van der Waals surface area contributed by atoms with Gasteiger partial charge in [-0.25, -0.2) is 4.79 Å². The fourth-order valence-electron chi connectivity index (χ4n) is 6.00. The smallest absolute Gasteiger partial charge is 0.338 e. The number of ether oxygens (including phenoxy) is 2. The Balaban J connectivity index is 1.32. The number of thioether (sulfide) groups is 1. The van der Waals surface area contributed by atoms with Crippen LogP contribution in [-0.4, -0.2) is 28.9 Å². The summed E-state index contributed by atoms with van der Waals surface area (Å²) < 4.78 is 13.4. The van der Waals surface area contributed by atoms with E-state index >= 15 is 0 Å². The number of carbonyl (C=O) groups is 1. The second kappa shape index (κ2) is 14.8. The fraction of sp³-hybridized carbons (Fsp3) is 0.243. The summed E-state index contributed by atoms with van der Waals surface area (Å²) in [5.41, 5.74) is 12.9. The lowest BCUT2D eigenvalue weighted by molar-refractivity contribution is 0.0473. The van der Waals surface area contributed by atoms with Gasteiger partial charge in [0.15, 0.2) is 0 Å². The normalized spacial score (nSPS) is 13.7. The molecule has 2 heterocycles. The van der Waals surface area contributed by atoms with E-state index in [1.165, 1.54) is 21.7 Å². The van der Waals surface area contributed by atoms with Gasteiger partial charge in [-0.1, -0.05) is 59.2 Å². The topological polar surface area (TPSA) is 102 Å². The second-order valence-electron chi connectivity index (χ2n) is 11.6. The van der Waals surface area contributed by atoms with Crippen LogP contribution in [0.1, 0.15) is 45.6 Å². The summed E-state index contributed by atoms with van der Waals surface area (Å²) >= 11 is 14.0. The highest BCUT2D eigenvalue weighted by molar-refractivity contribution is 8.00. The number of hydrogen-bond donors (Lipinski definition) is 3. The van der Waals surface area contributed by atoms with E-state index in [-0.39, 0.29) is 23.8 Å². The average Bonchev–Trinajstić information content (AvgIpc) is 3.62. The molecule has 0 fully saturated rings. The molecule has 1 atom stereocenters. The molecule has 4 aromatic carbocycles. The third-order valence-electron chi connectivity index (χ3n) is 8.40. The van der Waals surface area contributed by atoms with Crippen molar-refractivity contribution < 1.29 is 14.3 Å². The van der Waals surface area contributed by atoms with Crippen LogP contribution < -0.4 is 15.8 Å². The number of nitrogens with zero attached hydrogens (tertiary/aromatic N) is 1. The van der Waals surface area contributed by atoms with Gasteiger partial charge in [0.2, 0.25) is 0 Å². The predicted octanol–water partition coefficient (Wildman–Crippen LogP) is 8.90. The van der Waals surface area contributed by atoms with Crippen LogP contribution in [0.5, 0.6) is 5.75 Å². The number of nitrogens with two attached hydrogens (primary N) is 1. The van der Waals surface area contributed by atoms with E-state index in [9.17, 15) is 4.79 Å². The Morgan fingerprint density at radius 1 is 0.936 bits per heavy atom. The molecule has 47 heavy (non-hydrogen) atoms. The maximum Gasteiger partial charge on any atom is 0.338 e. The lowest BCUT2D eigenvalue weighted by atomic mass is 9.99. The fourth-order valence-corrected chi connectivity index (χ4v) is 7.37. The molecular weight excluding hydrogens is 651 g/mol. The first kappa shape index (κ1) is 32.8. The number of fused-ring (bicyclic) bond motifs is 2. The molecule has 0 radical (unpaired) electrons. The van der Waals surface area contributed by atoms with Crippen LogP contribution >= 0.6 is 35.0 Å². The molecule has 0 amide bonds. The predicted molar refractivity (Wildman–Crippen MR) is 192 cm³/mol. The summed E-state index contributed by atoms with van der Waals surface area (Å²) in [6, 6.07) is 27.1. The van der Waals surface area contributed by atoms with Crippen LogP contribution in [0.15, 0.2) is 89.8 Å². The van der Waals surface area contributed by atoms with Crippen LogP contribution in [0, 0.1) is 5.41 Å². The molecule has 6 rings (SSSR count). The first-order chi connectivity index (χ1) is 22.8. The van der Waals surface area contributed by atoms with Crippen molar-refractivity contribution in [3.05, 3.63) is 123 Å². The number of methoxy groups -OCH3 is 1. The molecule has 0 saturated heterocycles. The molecule has 0 spiro atoms. The molecule has 0 saturated carbocycles. The van der Waals surface area contributed by atoms with Gasteiger partial charge in [-0.05, 0) is 97.0 Å². The van der Waals surface area contributed by atoms with Gasteiger partial charge in [0.1, 0.15) is 12.4 Å². The monoisotopic (exact) mass is 686 g/mol. The average molecular weight is 688 g/mol. The van der Waals surface area contributed by atoms with Crippen molar-refractivity contribution in [3.63, 3.8) is 0 Å². The SMILES string of the molecule is COc1ccc2c(c1)NC(CCc1c(CCc3ccc(Cl)cc3)c3cc(C(=O)OCc4ccc(Cl)cc4)ccc3n1CCC(=N)N)S2. The molecule has 1 unspecified atom stereocenters. The summed E-state index contributed by atoms with van der Waals surface area (Å²) in [6.45, 7) is 0.730. The van der Waals surface area contributed by atoms with Gasteiger partial charge in [0, 0.05) is 50.6 Å². The minimum atomic E-state index is -0.386. The maximum atomic E-state index is 13.3. The van der Waals surface area contributed by atoms with Crippen LogP contribution in [0.25, 0.3) is 10.9 Å². The number of benzene rings is 4. The largest absolute Gasteiger partial charge is 0.497 e. The lowest BCUT2D eigenvalue weighted by Crippen LogP contribution is -2.16. The highest BCUT2D eigenvalue weighted by atomic mass is 35.5. The molecule has 0 bridgehead atoms. The lowest BCUT2D eigenvalue weighted by Gasteiger charge is -2.15. The van der Waals surface area contributed by atoms with Crippen molar-refractivity contribution in [3.8, 4) is 5.75 Å². The van der Waals surface area contributed by atoms with E-state index in [1.807, 2.05) is 66.4 Å². The highest BCUT2D eigenvalue weighted by Crippen LogP contribution is 2.42. The zero-order valence-electron chi connectivity index (χ0n) is 26.0. The number of hydrogen-bond acceptors (Lipinski definition) is 6. The van der Waals surface area contributed by atoms with E-state index in [4.69, 9.17) is 43.8 Å². The first-order valence-corrected chi connectivity index (χ1v) is 17.1. The van der Waals surface area contributed by atoms with Gasteiger partial charge in [-0.15, -0.1) is 0 Å². The van der Waals surface area contributed by atoms with E-state index in [2.05, 4.69) is 28.1 Å². The Labute approximate surface area is 288 Å². The third-order valence-corrected chi connectivity index (χ3v) is 10.2. The van der Waals surface area contributed by atoms with Crippen LogP contribution in [0.4, 0.5) is 5.69 Å². The number of nitrogens with one attached hydrogen (secondary N) is 2. The van der Waals surface area contributed by atoms with E-state index in [0.717, 1.165) is 53.6 Å². The Hall–Kier alpha value is -4.11. The zero-order valence-corrected chi connectivity index (χ0v) is 28.4. The van der Waals surface area contributed by atoms with Crippen LogP contribution in [-0.2, 0) is 37.2 Å². The molecule has 7 nitrogen and oxygen atoms in total. The standard InChI is InChI=1S/C37H36Cl2N4O3S/c1-45-28-12-16-34-31(21-28)42-36(47-34)17-15-32-29(13-6-23-2-8-26(38)9-3-23)30-20-25(7-14-33(30)43(32)19-18-35(40)41)37(44)46-22-24-4-10-27(39)11-5-24/h2-5,7-12,14,16,20-21,36,42H,6,13,15,17-19,22H2,1H3,(H3,40,41). The summed E-state index contributed by atoms with van der Waals surface area (Å²) in [7, 11) is 1.68. The third kappa shape index (κ3) is 7.89. The van der Waals surface area contributed by atoms with Gasteiger partial charge in [0.25, 0.3) is 0 Å². The van der Waals surface area contributed by atoms with Gasteiger partial charge >= 0.3 is 5.97 Å². The van der Waals surface area contributed by atoms with E-state index in [1.54, 1.807) is 19.2 Å². The van der Waals surface area contributed by atoms with Crippen molar-refractivity contribution in [1.29, 1.82) is 5.41 Å². The molecule has 242 valence electrons. The van der Waals surface area contributed by atoms with Crippen molar-refractivity contribution in [2.45, 2.75) is 55.5 Å². The van der Waals surface area contributed by atoms with Gasteiger partial charge in [-0.3, -0.25) is 5.41 Å². The number of esters is 1. The second-order valence-corrected chi connectivity index (χ2v) is 13.7. The number of halogens is 2. The Morgan fingerprint density at radius 3 is 2.36 bits per heavy atom. The minimum absolute atomic E-state index is 0.139. The molecule has 1 aliphatic heterocycles. The molecule has 5 aromatic rings. The molecule has 0 aliphatic carbocycles. The number of anilines is 1. The maximum absolute atomic E-state index is 13.3. The van der Waals surface area contributed by atoms with Crippen molar-refractivity contribution in [1.82, 2.24) is 4.57 Å². The number of rotatable bonds is 13. The number of amidine groups is 1. The number of aromatic nitrogens is 1. The van der Waals surface area contributed by atoms with Crippen molar-refractivity contribution in [2.24, 2.45) is 5.73 Å². The molecule has 1 aromatic heterocycles. The molecule has 10 heteroatoms. The van der Waals surface area contributed by atoms with Gasteiger partial charge in [0.05, 0.1) is 29.6 Å². The minimum Gasteiger partial charge on any atom is -0.497 e. The number of carbonyl (C=O) groups excluding carboxylic acids is 1. The van der Waals surface area contributed by atoms with Crippen LogP contribution in [0.2, 0.25) is 10.0 Å². The molecule has 1 aliphatic rings. The van der Waals surface area contributed by atoms with E-state index < -0.39 is 0 Å². The van der Waals surface area contributed by atoms with Crippen LogP contribution in [0.3, 0.4) is 0 Å². The molecular formula is C37H36Cl2N4O3S. The summed E-state index contributed by atoms with van der Waals surface area (Å²) in [6.07, 6.45) is 3.69. The summed E-state index contributed by atoms with van der Waals surface area (Å²) in [5.74, 6) is 0.581. The highest BCUT2D eigenvalue weighted by Gasteiger charge is 2.25. The molecule has 4 N–H and O–H groups in total. The first-order valence-electron chi connectivity index (χ1n) is 15.5. The Morgan fingerprint density at radius 2 is 1.66 bits per heavy atom. The van der Waals surface area contributed by atoms with Crippen molar-refractivity contribution >= 4 is 63.4 Å². The Bertz CT molecular complexity index is 1910. The zero-order chi connectivity index (χ0) is 32.9.